The largest absolute Gasteiger partial charge is 0.494 e. The van der Waals surface area contributed by atoms with Gasteiger partial charge in [0.05, 0.1) is 15.4 Å². The zero-order valence-corrected chi connectivity index (χ0v) is 14.3. The van der Waals surface area contributed by atoms with Crippen LogP contribution in [0.2, 0.25) is 32.2 Å². The van der Waals surface area contributed by atoms with Gasteiger partial charge in [-0.3, -0.25) is 0 Å². The summed E-state index contributed by atoms with van der Waals surface area (Å²) in [4.78, 5) is 0. The molecule has 1 nitrogen and oxygen atoms in total. The van der Waals surface area contributed by atoms with E-state index in [4.69, 9.17) is 4.74 Å². The van der Waals surface area contributed by atoms with Crippen LogP contribution in [0.5, 0.6) is 5.75 Å². The average Bonchev–Trinajstić information content (AvgIpc) is 2.34. The van der Waals surface area contributed by atoms with E-state index in [2.05, 4.69) is 50.5 Å². The summed E-state index contributed by atoms with van der Waals surface area (Å²) in [7, 11) is -0.345. The van der Waals surface area contributed by atoms with Crippen molar-refractivity contribution in [2.24, 2.45) is 0 Å². The molecule has 0 N–H and O–H groups in total. The third kappa shape index (κ3) is 6.40. The average molecular weight is 279 g/mol. The first kappa shape index (κ1) is 15.5. The third-order valence-electron chi connectivity index (χ3n) is 3.02. The molecule has 0 bridgehead atoms. The van der Waals surface area contributed by atoms with Crippen LogP contribution in [-0.2, 0) is 0 Å². The van der Waals surface area contributed by atoms with E-state index in [0.29, 0.717) is 0 Å². The second-order valence-electron chi connectivity index (χ2n) is 5.39. The second-order valence-corrected chi connectivity index (χ2v) is 10.9. The van der Waals surface area contributed by atoms with Gasteiger partial charge in [-0.25, -0.2) is 0 Å². The van der Waals surface area contributed by atoms with Crippen LogP contribution < -0.4 is 9.92 Å². The summed E-state index contributed by atoms with van der Waals surface area (Å²) in [6, 6.07) is 10.1. The lowest BCUT2D eigenvalue weighted by Crippen LogP contribution is -2.21. The summed E-state index contributed by atoms with van der Waals surface area (Å²) in [6.07, 6.45) is 3.87. The molecule has 0 unspecified atom stereocenters. The van der Waals surface area contributed by atoms with E-state index in [-0.39, 0.29) is 17.6 Å². The van der Waals surface area contributed by atoms with E-state index >= 15 is 0 Å². The van der Waals surface area contributed by atoms with Gasteiger partial charge < -0.3 is 4.74 Å². The molecule has 0 spiro atoms. The Morgan fingerprint density at radius 2 is 1.56 bits per heavy atom. The highest BCUT2D eigenvalue weighted by Crippen LogP contribution is 2.10. The Kier molecular flexibility index (Phi) is 7.36. The fourth-order valence-electron chi connectivity index (χ4n) is 1.83. The lowest BCUT2D eigenvalue weighted by atomic mass is 10.2. The van der Waals surface area contributed by atoms with E-state index < -0.39 is 0 Å². The van der Waals surface area contributed by atoms with Crippen molar-refractivity contribution in [1.29, 1.82) is 0 Å². The quantitative estimate of drug-likeness (QED) is 0.517. The minimum absolute atomic E-state index is 0.0241. The number of hydrogen-bond donors (Lipinski definition) is 0. The Bertz CT molecular complexity index is 320. The maximum atomic E-state index is 5.77. The molecule has 0 aliphatic rings. The Morgan fingerprint density at radius 3 is 2.11 bits per heavy atom. The summed E-state index contributed by atoms with van der Waals surface area (Å²) >= 11 is 0. The molecular formula is C15H26OSi2. The van der Waals surface area contributed by atoms with Gasteiger partial charge in [0.25, 0.3) is 0 Å². The third-order valence-corrected chi connectivity index (χ3v) is 5.86. The van der Waals surface area contributed by atoms with E-state index in [1.807, 2.05) is 0 Å². The molecule has 1 aromatic rings. The van der Waals surface area contributed by atoms with Crippen LogP contribution in [-0.4, -0.2) is 24.2 Å². The van der Waals surface area contributed by atoms with Gasteiger partial charge in [0, 0.05) is 8.80 Å². The molecule has 100 valence electrons. The summed E-state index contributed by atoms with van der Waals surface area (Å²) < 4.78 is 5.77. The first-order chi connectivity index (χ1) is 8.59. The van der Waals surface area contributed by atoms with Crippen LogP contribution in [0.3, 0.4) is 0 Å². The van der Waals surface area contributed by atoms with Crippen LogP contribution in [0, 0.1) is 0 Å². The summed E-state index contributed by atoms with van der Waals surface area (Å²) in [5, 5.41) is 1.48. The number of benzene rings is 1. The monoisotopic (exact) mass is 278 g/mol. The highest BCUT2D eigenvalue weighted by atomic mass is 28.3. The van der Waals surface area contributed by atoms with Crippen molar-refractivity contribution in [3.05, 3.63) is 24.3 Å². The van der Waals surface area contributed by atoms with Crippen molar-refractivity contribution in [1.82, 2.24) is 0 Å². The maximum absolute atomic E-state index is 5.77. The van der Waals surface area contributed by atoms with Gasteiger partial charge >= 0.3 is 0 Å². The minimum atomic E-state index is -0.321. The number of hydrogen-bond acceptors (Lipinski definition) is 1. The summed E-state index contributed by atoms with van der Waals surface area (Å²) in [5.41, 5.74) is 0. The van der Waals surface area contributed by atoms with Gasteiger partial charge in [-0.15, -0.1) is 0 Å². The molecule has 2 radical (unpaired) electrons. The molecule has 0 aliphatic heterocycles. The van der Waals surface area contributed by atoms with E-state index in [0.717, 1.165) is 12.4 Å². The molecule has 0 saturated heterocycles. The molecule has 1 aromatic carbocycles. The zero-order chi connectivity index (χ0) is 13.4. The molecule has 0 atom stereocenters. The Hall–Kier alpha value is -0.546. The van der Waals surface area contributed by atoms with Crippen molar-refractivity contribution in [2.75, 3.05) is 6.61 Å². The summed E-state index contributed by atoms with van der Waals surface area (Å²) in [6.45, 7) is 10.3. The molecule has 0 heterocycles. The predicted octanol–water partition coefficient (Wildman–Crippen LogP) is 3.95. The van der Waals surface area contributed by atoms with Crippen molar-refractivity contribution < 1.29 is 4.74 Å². The van der Waals surface area contributed by atoms with E-state index in [9.17, 15) is 0 Å². The lowest BCUT2D eigenvalue weighted by Gasteiger charge is -2.08. The van der Waals surface area contributed by atoms with E-state index in [1.165, 1.54) is 30.5 Å². The molecule has 0 amide bonds. The highest BCUT2D eigenvalue weighted by Gasteiger charge is 2.01. The minimum Gasteiger partial charge on any atom is -0.494 e. The number of rotatable bonds is 8. The SMILES string of the molecule is C[Si](C)CCCCCOc1ccc([Si](C)C)cc1. The number of unbranched alkanes of at least 4 members (excludes halogenated alkanes) is 2. The second kappa shape index (κ2) is 8.54. The fraction of sp³-hybridized carbons (Fsp3) is 0.600. The molecule has 0 fully saturated rings. The van der Waals surface area contributed by atoms with Gasteiger partial charge in [-0.05, 0) is 18.6 Å². The summed E-state index contributed by atoms with van der Waals surface area (Å²) in [5.74, 6) is 1.03. The Labute approximate surface area is 116 Å². The Balaban J connectivity index is 2.15. The molecule has 0 saturated carbocycles. The van der Waals surface area contributed by atoms with Crippen LogP contribution in [0.1, 0.15) is 19.3 Å². The normalized spacial score (nSPS) is 11.2. The van der Waals surface area contributed by atoms with Crippen LogP contribution in [0.15, 0.2) is 24.3 Å². The first-order valence-corrected chi connectivity index (χ1v) is 12.1. The van der Waals surface area contributed by atoms with Gasteiger partial charge in [-0.1, -0.05) is 62.4 Å². The van der Waals surface area contributed by atoms with Gasteiger partial charge in [0.15, 0.2) is 0 Å². The van der Waals surface area contributed by atoms with Crippen LogP contribution >= 0.6 is 0 Å². The molecule has 1 rings (SSSR count). The molecule has 3 heteroatoms. The lowest BCUT2D eigenvalue weighted by molar-refractivity contribution is 0.306. The predicted molar refractivity (Wildman–Crippen MR) is 85.2 cm³/mol. The van der Waals surface area contributed by atoms with Crippen LogP contribution in [0.25, 0.3) is 0 Å². The van der Waals surface area contributed by atoms with Crippen molar-refractivity contribution in [3.8, 4) is 5.75 Å². The number of ether oxygens (including phenoxy) is 1. The van der Waals surface area contributed by atoms with Gasteiger partial charge in [0.1, 0.15) is 5.75 Å². The molecule has 18 heavy (non-hydrogen) atoms. The smallest absolute Gasteiger partial charge is 0.119 e. The first-order valence-electron chi connectivity index (χ1n) is 6.92. The standard InChI is InChI=1S/C15H26OSi2/c1-17(2)13-7-5-6-12-16-14-8-10-15(11-9-14)18(3)4/h8-11H,5-7,12-13H2,1-4H3. The van der Waals surface area contributed by atoms with Gasteiger partial charge in [-0.2, -0.15) is 0 Å². The zero-order valence-electron chi connectivity index (χ0n) is 12.3. The van der Waals surface area contributed by atoms with Crippen LogP contribution in [0.4, 0.5) is 0 Å². The molecular weight excluding hydrogens is 252 g/mol. The maximum Gasteiger partial charge on any atom is 0.119 e. The topological polar surface area (TPSA) is 9.23 Å². The van der Waals surface area contributed by atoms with E-state index in [1.54, 1.807) is 0 Å². The van der Waals surface area contributed by atoms with Gasteiger partial charge in [0.2, 0.25) is 0 Å². The molecule has 0 aromatic heterocycles. The van der Waals surface area contributed by atoms with Crippen molar-refractivity contribution >= 4 is 22.8 Å². The highest BCUT2D eigenvalue weighted by molar-refractivity contribution is 6.70. The van der Waals surface area contributed by atoms with Crippen molar-refractivity contribution in [3.63, 3.8) is 0 Å². The fourth-order valence-corrected chi connectivity index (χ4v) is 3.62. The molecule has 0 aliphatic carbocycles. The Morgan fingerprint density at radius 1 is 0.889 bits per heavy atom. The van der Waals surface area contributed by atoms with Crippen molar-refractivity contribution in [2.45, 2.75) is 51.5 Å².